The number of piperidine rings is 1. The molecule has 1 saturated heterocycles. The van der Waals surface area contributed by atoms with Crippen molar-refractivity contribution >= 4 is 43.5 Å². The van der Waals surface area contributed by atoms with E-state index in [2.05, 4.69) is 11.6 Å². The smallest absolute Gasteiger partial charge is 0.337 e. The number of sulfonamides is 1. The fraction of sp³-hybridized carbons (Fsp3) is 0.292. The number of rotatable bonds is 6. The Morgan fingerprint density at radius 3 is 2.69 bits per heavy atom. The predicted octanol–water partition coefficient (Wildman–Crippen LogP) is 3.34. The van der Waals surface area contributed by atoms with E-state index >= 15 is 0 Å². The maximum atomic E-state index is 13.2. The number of thiazole rings is 1. The molecule has 0 spiro atoms. The van der Waals surface area contributed by atoms with Crippen molar-refractivity contribution < 1.29 is 27.1 Å². The number of fused-ring (bicyclic) bond motifs is 1. The summed E-state index contributed by atoms with van der Waals surface area (Å²) < 4.78 is 47.9. The van der Waals surface area contributed by atoms with Crippen LogP contribution in [-0.4, -0.2) is 49.4 Å². The van der Waals surface area contributed by atoms with Crippen LogP contribution in [0.1, 0.15) is 23.2 Å². The molecule has 11 heteroatoms. The van der Waals surface area contributed by atoms with Crippen molar-refractivity contribution in [2.45, 2.75) is 24.3 Å². The van der Waals surface area contributed by atoms with Crippen LogP contribution in [0.25, 0.3) is 10.2 Å². The van der Waals surface area contributed by atoms with E-state index in [1.807, 2.05) is 4.57 Å². The highest BCUT2D eigenvalue weighted by molar-refractivity contribution is 7.89. The summed E-state index contributed by atoms with van der Waals surface area (Å²) in [7, 11) is -2.55. The van der Waals surface area contributed by atoms with E-state index in [-0.39, 0.29) is 18.0 Å². The van der Waals surface area contributed by atoms with Crippen molar-refractivity contribution in [3.63, 3.8) is 0 Å². The van der Waals surface area contributed by atoms with Gasteiger partial charge in [-0.25, -0.2) is 17.6 Å². The van der Waals surface area contributed by atoms with Gasteiger partial charge >= 0.3 is 5.97 Å². The molecule has 0 saturated carbocycles. The second-order valence-corrected chi connectivity index (χ2v) is 11.0. The van der Waals surface area contributed by atoms with Gasteiger partial charge in [-0.15, -0.1) is 6.58 Å². The molecule has 1 unspecified atom stereocenters. The first-order valence-electron chi connectivity index (χ1n) is 10.9. The van der Waals surface area contributed by atoms with E-state index in [0.717, 1.165) is 22.3 Å². The number of ether oxygens (including phenoxy) is 1. The van der Waals surface area contributed by atoms with Crippen LogP contribution in [0, 0.1) is 11.7 Å². The SMILES string of the molecule is C=CCn1c(=NC(=O)C2CCCN(S(=O)(=O)c3ccc(F)cc3)C2)sc2cc(C(=O)OC)ccc21. The molecule has 1 amide bonds. The number of hydrogen-bond donors (Lipinski definition) is 0. The standard InChI is InChI=1S/C24H24FN3O5S2/c1-3-12-28-20-11-6-16(23(30)33-2)14-21(20)34-24(28)26-22(29)17-5-4-13-27(15-17)35(31,32)19-9-7-18(25)8-10-19/h3,6-11,14,17H,1,4-5,12-13,15H2,2H3. The highest BCUT2D eigenvalue weighted by Gasteiger charge is 2.33. The Morgan fingerprint density at radius 1 is 1.26 bits per heavy atom. The Bertz CT molecular complexity index is 1460. The molecule has 0 aliphatic carbocycles. The summed E-state index contributed by atoms with van der Waals surface area (Å²) in [5.74, 6) is -2.01. The Kier molecular flexibility index (Phi) is 7.29. The third-order valence-corrected chi connectivity index (χ3v) is 8.73. The molecule has 0 N–H and O–H groups in total. The third kappa shape index (κ3) is 5.12. The number of esters is 1. The maximum absolute atomic E-state index is 13.2. The maximum Gasteiger partial charge on any atom is 0.337 e. The fourth-order valence-electron chi connectivity index (χ4n) is 4.01. The van der Waals surface area contributed by atoms with Crippen molar-refractivity contribution in [1.29, 1.82) is 0 Å². The summed E-state index contributed by atoms with van der Waals surface area (Å²) in [5, 5.41) is 0. The molecule has 2 heterocycles. The van der Waals surface area contributed by atoms with Gasteiger partial charge in [-0.05, 0) is 55.3 Å². The summed E-state index contributed by atoms with van der Waals surface area (Å²) in [5.41, 5.74) is 1.18. The van der Waals surface area contributed by atoms with Crippen molar-refractivity contribution in [2.75, 3.05) is 20.2 Å². The number of hydrogen-bond acceptors (Lipinski definition) is 6. The highest BCUT2D eigenvalue weighted by Crippen LogP contribution is 2.25. The molecule has 0 radical (unpaired) electrons. The second kappa shape index (κ2) is 10.2. The van der Waals surface area contributed by atoms with Gasteiger partial charge in [0.2, 0.25) is 10.0 Å². The molecule has 35 heavy (non-hydrogen) atoms. The number of carbonyl (C=O) groups excluding carboxylic acids is 2. The minimum atomic E-state index is -3.86. The number of aromatic nitrogens is 1. The van der Waals surface area contributed by atoms with Gasteiger partial charge in [0.25, 0.3) is 5.91 Å². The molecule has 2 aromatic carbocycles. The summed E-state index contributed by atoms with van der Waals surface area (Å²) in [6, 6.07) is 9.73. The van der Waals surface area contributed by atoms with Crippen molar-refractivity contribution in [3.05, 3.63) is 71.3 Å². The van der Waals surface area contributed by atoms with Gasteiger partial charge in [-0.3, -0.25) is 4.79 Å². The molecule has 4 rings (SSSR count). The predicted molar refractivity (Wildman–Crippen MR) is 130 cm³/mol. The molecule has 0 bridgehead atoms. The number of methoxy groups -OCH3 is 1. The Hall–Kier alpha value is -3.15. The van der Waals surface area contributed by atoms with Gasteiger partial charge in [0.1, 0.15) is 5.82 Å². The second-order valence-electron chi connectivity index (χ2n) is 8.06. The minimum Gasteiger partial charge on any atom is -0.465 e. The van der Waals surface area contributed by atoms with E-state index < -0.39 is 33.6 Å². The molecular formula is C24H24FN3O5S2. The van der Waals surface area contributed by atoms with Gasteiger partial charge < -0.3 is 9.30 Å². The largest absolute Gasteiger partial charge is 0.465 e. The van der Waals surface area contributed by atoms with Crippen LogP contribution in [0.2, 0.25) is 0 Å². The minimum absolute atomic E-state index is 0.000878. The quantitative estimate of drug-likeness (QED) is 0.369. The van der Waals surface area contributed by atoms with Gasteiger partial charge in [0.15, 0.2) is 4.80 Å². The number of allylic oxidation sites excluding steroid dienone is 1. The van der Waals surface area contributed by atoms with Crippen molar-refractivity contribution in [3.8, 4) is 0 Å². The molecule has 1 fully saturated rings. The van der Waals surface area contributed by atoms with E-state index in [4.69, 9.17) is 4.74 Å². The van der Waals surface area contributed by atoms with Crippen LogP contribution in [0.5, 0.6) is 0 Å². The molecule has 184 valence electrons. The summed E-state index contributed by atoms with van der Waals surface area (Å²) in [6.45, 7) is 4.45. The van der Waals surface area contributed by atoms with Crippen LogP contribution in [0.4, 0.5) is 4.39 Å². The first-order valence-corrected chi connectivity index (χ1v) is 13.2. The zero-order valence-electron chi connectivity index (χ0n) is 19.0. The zero-order chi connectivity index (χ0) is 25.2. The van der Waals surface area contributed by atoms with Gasteiger partial charge in [0, 0.05) is 19.6 Å². The summed E-state index contributed by atoms with van der Waals surface area (Å²) in [4.78, 5) is 29.8. The third-order valence-electron chi connectivity index (χ3n) is 5.81. The molecular weight excluding hydrogens is 493 g/mol. The Balaban J connectivity index is 1.64. The lowest BCUT2D eigenvalue weighted by Gasteiger charge is -2.30. The van der Waals surface area contributed by atoms with E-state index in [1.54, 1.807) is 24.3 Å². The first kappa shape index (κ1) is 25.0. The Morgan fingerprint density at radius 2 is 2.00 bits per heavy atom. The number of amides is 1. The lowest BCUT2D eigenvalue weighted by atomic mass is 9.99. The van der Waals surface area contributed by atoms with Gasteiger partial charge in [-0.1, -0.05) is 17.4 Å². The molecule has 1 aliphatic heterocycles. The first-order chi connectivity index (χ1) is 16.7. The van der Waals surface area contributed by atoms with Crippen molar-refractivity contribution in [1.82, 2.24) is 8.87 Å². The van der Waals surface area contributed by atoms with E-state index in [1.165, 1.54) is 34.9 Å². The van der Waals surface area contributed by atoms with Gasteiger partial charge in [-0.2, -0.15) is 9.30 Å². The zero-order valence-corrected chi connectivity index (χ0v) is 20.6. The van der Waals surface area contributed by atoms with Gasteiger partial charge in [0.05, 0.1) is 33.7 Å². The van der Waals surface area contributed by atoms with Crippen LogP contribution in [0.15, 0.2) is 65.0 Å². The normalized spacial score (nSPS) is 17.4. The Labute approximate surface area is 206 Å². The highest BCUT2D eigenvalue weighted by atomic mass is 32.2. The topological polar surface area (TPSA) is 98.0 Å². The molecule has 1 aromatic heterocycles. The molecule has 1 atom stereocenters. The molecule has 3 aromatic rings. The van der Waals surface area contributed by atoms with E-state index in [0.29, 0.717) is 29.8 Å². The van der Waals surface area contributed by atoms with Crippen LogP contribution in [0.3, 0.4) is 0 Å². The molecule has 1 aliphatic rings. The van der Waals surface area contributed by atoms with Crippen LogP contribution in [-0.2, 0) is 26.1 Å². The lowest BCUT2D eigenvalue weighted by molar-refractivity contribution is -0.122. The lowest BCUT2D eigenvalue weighted by Crippen LogP contribution is -2.42. The van der Waals surface area contributed by atoms with Crippen molar-refractivity contribution in [2.24, 2.45) is 10.9 Å². The monoisotopic (exact) mass is 517 g/mol. The fourth-order valence-corrected chi connectivity index (χ4v) is 6.62. The summed E-state index contributed by atoms with van der Waals surface area (Å²) >= 11 is 1.26. The number of halogens is 1. The van der Waals surface area contributed by atoms with E-state index in [9.17, 15) is 22.4 Å². The van der Waals surface area contributed by atoms with Crippen LogP contribution >= 0.6 is 11.3 Å². The number of benzene rings is 2. The average Bonchev–Trinajstić information content (AvgIpc) is 3.20. The van der Waals surface area contributed by atoms with Crippen LogP contribution < -0.4 is 4.80 Å². The average molecular weight is 518 g/mol. The summed E-state index contributed by atoms with van der Waals surface area (Å²) in [6.07, 6.45) is 2.70. The number of nitrogens with zero attached hydrogens (tertiary/aromatic N) is 3. The molecule has 8 nitrogen and oxygen atoms in total. The number of carbonyl (C=O) groups is 2.